The minimum atomic E-state index is -0.0842. The van der Waals surface area contributed by atoms with Gasteiger partial charge in [-0.1, -0.05) is 45.2 Å². The van der Waals surface area contributed by atoms with Crippen LogP contribution in [-0.2, 0) is 5.41 Å². The van der Waals surface area contributed by atoms with Gasteiger partial charge in [-0.25, -0.2) is 9.97 Å². The maximum absolute atomic E-state index is 6.06. The first-order chi connectivity index (χ1) is 9.43. The molecule has 0 aliphatic rings. The summed E-state index contributed by atoms with van der Waals surface area (Å²) < 4.78 is 0. The molecule has 0 amide bonds. The summed E-state index contributed by atoms with van der Waals surface area (Å²) in [6, 6.07) is 1.80. The Morgan fingerprint density at radius 2 is 1.85 bits per heavy atom. The van der Waals surface area contributed by atoms with E-state index in [9.17, 15) is 0 Å². The van der Waals surface area contributed by atoms with E-state index in [4.69, 9.17) is 11.6 Å². The van der Waals surface area contributed by atoms with Crippen molar-refractivity contribution in [2.24, 2.45) is 0 Å². The molecular formula is C15H26ClN3S. The number of aromatic nitrogens is 2. The Bertz CT molecular complexity index is 405. The van der Waals surface area contributed by atoms with Crippen LogP contribution in [0.1, 0.15) is 52.3 Å². The van der Waals surface area contributed by atoms with Crippen molar-refractivity contribution >= 4 is 29.2 Å². The SMILES string of the molecule is CSCCCCCCNc1cc(Cl)nc(C(C)(C)C)n1. The van der Waals surface area contributed by atoms with Gasteiger partial charge in [0.2, 0.25) is 0 Å². The summed E-state index contributed by atoms with van der Waals surface area (Å²) in [6.45, 7) is 7.22. The van der Waals surface area contributed by atoms with Crippen molar-refractivity contribution in [2.45, 2.75) is 51.9 Å². The van der Waals surface area contributed by atoms with Crippen LogP contribution in [0.2, 0.25) is 5.15 Å². The van der Waals surface area contributed by atoms with Crippen molar-refractivity contribution in [3.63, 3.8) is 0 Å². The van der Waals surface area contributed by atoms with Crippen LogP contribution in [0.15, 0.2) is 6.07 Å². The van der Waals surface area contributed by atoms with E-state index in [0.717, 1.165) is 18.2 Å². The summed E-state index contributed by atoms with van der Waals surface area (Å²) in [5, 5.41) is 3.85. The van der Waals surface area contributed by atoms with Crippen molar-refractivity contribution in [3.8, 4) is 0 Å². The largest absolute Gasteiger partial charge is 0.370 e. The van der Waals surface area contributed by atoms with Gasteiger partial charge >= 0.3 is 0 Å². The van der Waals surface area contributed by atoms with Crippen molar-refractivity contribution in [2.75, 3.05) is 23.9 Å². The number of anilines is 1. The molecule has 1 N–H and O–H groups in total. The van der Waals surface area contributed by atoms with E-state index >= 15 is 0 Å². The van der Waals surface area contributed by atoms with E-state index < -0.39 is 0 Å². The second-order valence-electron chi connectivity index (χ2n) is 5.98. The maximum atomic E-state index is 6.06. The average Bonchev–Trinajstić information content (AvgIpc) is 2.36. The van der Waals surface area contributed by atoms with Crippen LogP contribution in [-0.4, -0.2) is 28.5 Å². The zero-order valence-corrected chi connectivity index (χ0v) is 14.6. The molecule has 5 heteroatoms. The van der Waals surface area contributed by atoms with Crippen LogP contribution in [0.25, 0.3) is 0 Å². The van der Waals surface area contributed by atoms with Crippen LogP contribution in [0.3, 0.4) is 0 Å². The fourth-order valence-corrected chi connectivity index (χ4v) is 2.46. The summed E-state index contributed by atoms with van der Waals surface area (Å²) in [5.41, 5.74) is -0.0842. The molecule has 1 rings (SSSR count). The Labute approximate surface area is 132 Å². The highest BCUT2D eigenvalue weighted by atomic mass is 35.5. The molecule has 0 aromatic carbocycles. The fourth-order valence-electron chi connectivity index (χ4n) is 1.79. The molecule has 0 fully saturated rings. The molecule has 114 valence electrons. The lowest BCUT2D eigenvalue weighted by Crippen LogP contribution is -2.17. The quantitative estimate of drug-likeness (QED) is 0.554. The van der Waals surface area contributed by atoms with Gasteiger partial charge in [0.1, 0.15) is 16.8 Å². The molecule has 1 heterocycles. The van der Waals surface area contributed by atoms with Crippen LogP contribution in [0.4, 0.5) is 5.82 Å². The Balaban J connectivity index is 2.39. The maximum Gasteiger partial charge on any atom is 0.137 e. The van der Waals surface area contributed by atoms with Crippen molar-refractivity contribution in [3.05, 3.63) is 17.0 Å². The monoisotopic (exact) mass is 315 g/mol. The van der Waals surface area contributed by atoms with Gasteiger partial charge in [-0.2, -0.15) is 11.8 Å². The highest BCUT2D eigenvalue weighted by Crippen LogP contribution is 2.22. The number of hydrogen-bond acceptors (Lipinski definition) is 4. The van der Waals surface area contributed by atoms with Gasteiger partial charge in [0.05, 0.1) is 0 Å². The molecule has 3 nitrogen and oxygen atoms in total. The third kappa shape index (κ3) is 6.80. The van der Waals surface area contributed by atoms with Gasteiger partial charge in [0.15, 0.2) is 0 Å². The molecule has 0 saturated heterocycles. The van der Waals surface area contributed by atoms with Crippen LogP contribution in [0.5, 0.6) is 0 Å². The number of thioether (sulfide) groups is 1. The standard InChI is InChI=1S/C15H26ClN3S/c1-15(2,3)14-18-12(16)11-13(19-14)17-9-7-5-6-8-10-20-4/h11H,5-10H2,1-4H3,(H,17,18,19). The molecule has 1 aromatic rings. The third-order valence-electron chi connectivity index (χ3n) is 2.95. The van der Waals surface area contributed by atoms with E-state index in [-0.39, 0.29) is 5.41 Å². The number of nitrogens with zero attached hydrogens (tertiary/aromatic N) is 2. The molecule has 0 saturated carbocycles. The van der Waals surface area contributed by atoms with Gasteiger partial charge in [-0.05, 0) is 24.9 Å². The number of hydrogen-bond donors (Lipinski definition) is 1. The Kier molecular flexibility index (Phi) is 7.67. The predicted molar refractivity (Wildman–Crippen MR) is 91.1 cm³/mol. The van der Waals surface area contributed by atoms with E-state index in [1.807, 2.05) is 11.8 Å². The summed E-state index contributed by atoms with van der Waals surface area (Å²) in [5.74, 6) is 2.88. The molecule has 0 aliphatic heterocycles. The predicted octanol–water partition coefficient (Wildman–Crippen LogP) is 4.76. The van der Waals surface area contributed by atoms with Gasteiger partial charge in [0.25, 0.3) is 0 Å². The summed E-state index contributed by atoms with van der Waals surface area (Å²) in [4.78, 5) is 8.84. The van der Waals surface area contributed by atoms with E-state index in [0.29, 0.717) is 5.15 Å². The highest BCUT2D eigenvalue weighted by molar-refractivity contribution is 7.98. The van der Waals surface area contributed by atoms with Crippen molar-refractivity contribution < 1.29 is 0 Å². The van der Waals surface area contributed by atoms with Gasteiger partial charge in [0, 0.05) is 18.0 Å². The first-order valence-electron chi connectivity index (χ1n) is 7.21. The zero-order valence-electron chi connectivity index (χ0n) is 13.0. The summed E-state index contributed by atoms with van der Waals surface area (Å²) in [6.07, 6.45) is 7.21. The number of unbranched alkanes of at least 4 members (excludes halogenated alkanes) is 3. The lowest BCUT2D eigenvalue weighted by atomic mass is 9.96. The lowest BCUT2D eigenvalue weighted by molar-refractivity contribution is 0.545. The molecule has 0 aliphatic carbocycles. The smallest absolute Gasteiger partial charge is 0.137 e. The van der Waals surface area contributed by atoms with Crippen molar-refractivity contribution in [1.82, 2.24) is 9.97 Å². The van der Waals surface area contributed by atoms with E-state index in [2.05, 4.69) is 42.3 Å². The molecule has 0 unspecified atom stereocenters. The molecule has 0 atom stereocenters. The van der Waals surface area contributed by atoms with Crippen LogP contribution < -0.4 is 5.32 Å². The minimum Gasteiger partial charge on any atom is -0.370 e. The topological polar surface area (TPSA) is 37.8 Å². The summed E-state index contributed by atoms with van der Waals surface area (Å²) >= 11 is 7.98. The third-order valence-corrected chi connectivity index (χ3v) is 3.84. The Morgan fingerprint density at radius 3 is 2.50 bits per heavy atom. The van der Waals surface area contributed by atoms with Crippen LogP contribution in [0, 0.1) is 0 Å². The van der Waals surface area contributed by atoms with Crippen LogP contribution >= 0.6 is 23.4 Å². The molecule has 0 bridgehead atoms. The molecule has 1 aromatic heterocycles. The molecular weight excluding hydrogens is 290 g/mol. The van der Waals surface area contributed by atoms with Gasteiger partial charge < -0.3 is 5.32 Å². The summed E-state index contributed by atoms with van der Waals surface area (Å²) in [7, 11) is 0. The van der Waals surface area contributed by atoms with Gasteiger partial charge in [-0.3, -0.25) is 0 Å². The molecule has 0 radical (unpaired) electrons. The zero-order chi connectivity index (χ0) is 15.0. The number of halogens is 1. The van der Waals surface area contributed by atoms with E-state index in [1.54, 1.807) is 6.07 Å². The fraction of sp³-hybridized carbons (Fsp3) is 0.733. The molecule has 20 heavy (non-hydrogen) atoms. The second-order valence-corrected chi connectivity index (χ2v) is 7.36. The average molecular weight is 316 g/mol. The first-order valence-corrected chi connectivity index (χ1v) is 8.98. The molecule has 0 spiro atoms. The van der Waals surface area contributed by atoms with E-state index in [1.165, 1.54) is 31.4 Å². The lowest BCUT2D eigenvalue weighted by Gasteiger charge is -2.17. The Morgan fingerprint density at radius 1 is 1.15 bits per heavy atom. The second kappa shape index (κ2) is 8.73. The number of rotatable bonds is 8. The van der Waals surface area contributed by atoms with Gasteiger partial charge in [-0.15, -0.1) is 0 Å². The normalized spacial score (nSPS) is 11.7. The van der Waals surface area contributed by atoms with Crippen molar-refractivity contribution in [1.29, 1.82) is 0 Å². The highest BCUT2D eigenvalue weighted by Gasteiger charge is 2.18. The first kappa shape index (κ1) is 17.6. The number of nitrogens with one attached hydrogen (secondary N) is 1. The Hall–Kier alpha value is -0.480. The minimum absolute atomic E-state index is 0.0842.